The molecule has 2 aromatic carbocycles. The first-order chi connectivity index (χ1) is 17.0. The Hall–Kier alpha value is -2.58. The van der Waals surface area contributed by atoms with Gasteiger partial charge in [0.1, 0.15) is 5.75 Å². The van der Waals surface area contributed by atoms with Crippen LogP contribution in [0.5, 0.6) is 5.75 Å². The Morgan fingerprint density at radius 2 is 1.67 bits per heavy atom. The van der Waals surface area contributed by atoms with Gasteiger partial charge in [-0.1, -0.05) is 51.7 Å². The van der Waals surface area contributed by atoms with Crippen molar-refractivity contribution < 1.29 is 28.2 Å². The van der Waals surface area contributed by atoms with Gasteiger partial charge in [-0.3, -0.25) is 0 Å². The van der Waals surface area contributed by atoms with Crippen LogP contribution in [-0.2, 0) is 14.6 Å². The molecule has 0 aliphatic carbocycles. The second-order valence-corrected chi connectivity index (χ2v) is 12.1. The first kappa shape index (κ1) is 28.0. The minimum Gasteiger partial charge on any atom is -0.482 e. The van der Waals surface area contributed by atoms with Crippen LogP contribution in [0.4, 0.5) is 5.69 Å². The quantitative estimate of drug-likeness (QED) is 0.438. The fourth-order valence-electron chi connectivity index (χ4n) is 5.31. The second-order valence-electron chi connectivity index (χ2n) is 10.1. The second kappa shape index (κ2) is 11.6. The first-order valence-electron chi connectivity index (χ1n) is 12.7. The predicted octanol–water partition coefficient (Wildman–Crippen LogP) is 4.86. The summed E-state index contributed by atoms with van der Waals surface area (Å²) in [5.41, 5.74) is 1.46. The lowest BCUT2D eigenvalue weighted by Gasteiger charge is -2.40. The molecule has 8 heteroatoms. The van der Waals surface area contributed by atoms with Crippen molar-refractivity contribution in [3.63, 3.8) is 0 Å². The van der Waals surface area contributed by atoms with Crippen LogP contribution in [0.3, 0.4) is 0 Å². The van der Waals surface area contributed by atoms with Crippen LogP contribution in [0.1, 0.15) is 69.4 Å². The summed E-state index contributed by atoms with van der Waals surface area (Å²) >= 11 is 0. The molecule has 0 bridgehead atoms. The minimum absolute atomic E-state index is 0.0776. The van der Waals surface area contributed by atoms with Gasteiger partial charge in [0.15, 0.2) is 16.4 Å². The van der Waals surface area contributed by atoms with Gasteiger partial charge in [-0.05, 0) is 54.3 Å². The summed E-state index contributed by atoms with van der Waals surface area (Å²) in [5, 5.41) is 21.0. The van der Waals surface area contributed by atoms with Crippen molar-refractivity contribution in [3.8, 4) is 5.75 Å². The number of fused-ring (bicyclic) bond motifs is 1. The molecular weight excluding hydrogens is 478 g/mol. The lowest BCUT2D eigenvalue weighted by molar-refractivity contribution is -0.139. The van der Waals surface area contributed by atoms with E-state index in [0.29, 0.717) is 24.2 Å². The number of nitrogens with zero attached hydrogens (tertiary/aromatic N) is 1. The smallest absolute Gasteiger partial charge is 0.341 e. The van der Waals surface area contributed by atoms with Crippen LogP contribution in [0.15, 0.2) is 47.4 Å². The summed E-state index contributed by atoms with van der Waals surface area (Å²) in [6.45, 7) is 3.71. The molecule has 3 rings (SSSR count). The van der Waals surface area contributed by atoms with Crippen molar-refractivity contribution >= 4 is 21.5 Å². The molecule has 7 nitrogen and oxygen atoms in total. The van der Waals surface area contributed by atoms with Crippen molar-refractivity contribution in [2.75, 3.05) is 31.4 Å². The van der Waals surface area contributed by atoms with Crippen molar-refractivity contribution in [1.82, 2.24) is 0 Å². The Labute approximate surface area is 215 Å². The molecule has 0 saturated carbocycles. The number of rotatable bonds is 11. The van der Waals surface area contributed by atoms with E-state index in [-0.39, 0.29) is 10.6 Å². The average molecular weight is 518 g/mol. The van der Waals surface area contributed by atoms with Gasteiger partial charge in [-0.2, -0.15) is 0 Å². The number of ether oxygens (including phenoxy) is 1. The molecule has 0 unspecified atom stereocenters. The number of aliphatic hydroxyl groups is 1. The van der Waals surface area contributed by atoms with Gasteiger partial charge in [-0.25, -0.2) is 13.2 Å². The molecule has 0 fully saturated rings. The van der Waals surface area contributed by atoms with E-state index in [9.17, 15) is 18.3 Å². The topological polar surface area (TPSA) is 104 Å². The van der Waals surface area contributed by atoms with Gasteiger partial charge in [0.2, 0.25) is 0 Å². The van der Waals surface area contributed by atoms with E-state index < -0.39 is 39.9 Å². The van der Waals surface area contributed by atoms with Gasteiger partial charge in [0, 0.05) is 31.1 Å². The summed E-state index contributed by atoms with van der Waals surface area (Å²) in [7, 11) is 0.147. The lowest BCUT2D eigenvalue weighted by atomic mass is 9.68. The molecule has 2 N–H and O–H groups in total. The highest BCUT2D eigenvalue weighted by molar-refractivity contribution is 7.91. The first-order valence-corrected chi connectivity index (χ1v) is 14.4. The zero-order valence-corrected chi connectivity index (χ0v) is 22.6. The highest BCUT2D eigenvalue weighted by Crippen LogP contribution is 2.50. The number of benzene rings is 2. The third-order valence-corrected chi connectivity index (χ3v) is 9.26. The molecule has 0 radical (unpaired) electrons. The van der Waals surface area contributed by atoms with Gasteiger partial charge >= 0.3 is 5.97 Å². The number of carboxylic acid groups (broad SMARTS) is 1. The molecule has 1 heterocycles. The van der Waals surface area contributed by atoms with Crippen LogP contribution in [0.25, 0.3) is 0 Å². The Bertz CT molecular complexity index is 1140. The molecule has 2 aromatic rings. The van der Waals surface area contributed by atoms with Gasteiger partial charge < -0.3 is 19.8 Å². The monoisotopic (exact) mass is 517 g/mol. The fraction of sp³-hybridized carbons (Fsp3) is 0.536. The maximum absolute atomic E-state index is 13.8. The van der Waals surface area contributed by atoms with Gasteiger partial charge in [0.25, 0.3) is 0 Å². The largest absolute Gasteiger partial charge is 0.482 e. The van der Waals surface area contributed by atoms with E-state index in [4.69, 9.17) is 9.84 Å². The summed E-state index contributed by atoms with van der Waals surface area (Å²) in [4.78, 5) is 13.1. The van der Waals surface area contributed by atoms with Crippen molar-refractivity contribution in [2.45, 2.75) is 69.3 Å². The van der Waals surface area contributed by atoms with E-state index >= 15 is 0 Å². The van der Waals surface area contributed by atoms with E-state index in [1.54, 1.807) is 30.3 Å². The number of aliphatic carboxylic acids is 1. The summed E-state index contributed by atoms with van der Waals surface area (Å²) in [6, 6.07) is 12.3. The third kappa shape index (κ3) is 6.03. The Balaban J connectivity index is 2.21. The van der Waals surface area contributed by atoms with Gasteiger partial charge in [-0.15, -0.1) is 0 Å². The predicted molar refractivity (Wildman–Crippen MR) is 142 cm³/mol. The van der Waals surface area contributed by atoms with Crippen molar-refractivity contribution in [2.24, 2.45) is 5.41 Å². The maximum Gasteiger partial charge on any atom is 0.341 e. The normalized spacial score (nSPS) is 20.2. The highest BCUT2D eigenvalue weighted by Gasteiger charge is 2.49. The number of hydrogen-bond donors (Lipinski definition) is 2. The zero-order valence-electron chi connectivity index (χ0n) is 21.7. The maximum atomic E-state index is 13.8. The number of unbranched alkanes of at least 4 members (excludes halogenated alkanes) is 2. The molecule has 1 aliphatic heterocycles. The number of aliphatic hydroxyl groups excluding tert-OH is 1. The van der Waals surface area contributed by atoms with Crippen LogP contribution < -0.4 is 9.64 Å². The zero-order chi connectivity index (χ0) is 26.5. The van der Waals surface area contributed by atoms with E-state index in [0.717, 1.165) is 36.9 Å². The minimum atomic E-state index is -3.66. The van der Waals surface area contributed by atoms with Crippen molar-refractivity contribution in [3.05, 3.63) is 53.6 Å². The standard InChI is InChI=1S/C28H39NO6S/c1-5-7-15-28(16-8-6-2)19-36(33,34)24-14-11-21(29(3)4)17-23(24)26(27(28)32)20-9-12-22(13-10-20)35-18-25(30)31/h9-14,17,26-27,32H,5-8,15-16,18-19H2,1-4H3,(H,30,31)/t26-,27-/m1/s1. The van der Waals surface area contributed by atoms with Crippen LogP contribution in [-0.4, -0.2) is 57.2 Å². The molecule has 1 aliphatic rings. The Kier molecular flexibility index (Phi) is 9.06. The van der Waals surface area contributed by atoms with E-state index in [1.165, 1.54) is 0 Å². The summed E-state index contributed by atoms with van der Waals surface area (Å²) in [6.07, 6.45) is 3.87. The third-order valence-electron chi connectivity index (χ3n) is 7.26. The number of sulfone groups is 1. The SMILES string of the molecule is CCCCC1(CCCC)CS(=O)(=O)c2ccc(N(C)C)cc2[C@@H](c2ccc(OCC(=O)O)cc2)[C@H]1O. The van der Waals surface area contributed by atoms with E-state index in [1.807, 2.05) is 31.1 Å². The number of carboxylic acids is 1. The number of hydrogen-bond acceptors (Lipinski definition) is 6. The molecule has 0 amide bonds. The Morgan fingerprint density at radius 1 is 1.06 bits per heavy atom. The lowest BCUT2D eigenvalue weighted by Crippen LogP contribution is -2.43. The fourth-order valence-corrected chi connectivity index (χ4v) is 7.50. The molecule has 0 aromatic heterocycles. The van der Waals surface area contributed by atoms with Crippen LogP contribution in [0, 0.1) is 5.41 Å². The summed E-state index contributed by atoms with van der Waals surface area (Å²) < 4.78 is 33.0. The molecule has 0 saturated heterocycles. The molecule has 198 valence electrons. The van der Waals surface area contributed by atoms with Crippen LogP contribution in [0.2, 0.25) is 0 Å². The van der Waals surface area contributed by atoms with Gasteiger partial charge in [0.05, 0.1) is 16.8 Å². The van der Waals surface area contributed by atoms with Crippen LogP contribution >= 0.6 is 0 Å². The molecule has 2 atom stereocenters. The molecular formula is C28H39NO6S. The van der Waals surface area contributed by atoms with E-state index in [2.05, 4.69) is 13.8 Å². The molecule has 0 spiro atoms. The average Bonchev–Trinajstić information content (AvgIpc) is 2.91. The summed E-state index contributed by atoms with van der Waals surface area (Å²) in [5.74, 6) is -1.29. The highest BCUT2D eigenvalue weighted by atomic mass is 32.2. The molecule has 36 heavy (non-hydrogen) atoms. The number of anilines is 1. The number of carbonyl (C=O) groups is 1. The van der Waals surface area contributed by atoms with Crippen molar-refractivity contribution in [1.29, 1.82) is 0 Å². The Morgan fingerprint density at radius 3 is 2.19 bits per heavy atom.